The van der Waals surface area contributed by atoms with Gasteiger partial charge in [0, 0.05) is 0 Å². The fraction of sp³-hybridized carbons (Fsp3) is 0.350. The van der Waals surface area contributed by atoms with E-state index in [9.17, 15) is 9.90 Å². The molecule has 2 N–H and O–H groups in total. The summed E-state index contributed by atoms with van der Waals surface area (Å²) in [6, 6.07) is 10.4. The Hall–Kier alpha value is -2.93. The van der Waals surface area contributed by atoms with Crippen LogP contribution in [0.3, 0.4) is 0 Å². The standard InChI is InChI=1S/C20H24O7/c1-24-17-10-8-13(19(25-2)20(17)26-3)7-9-16(21)14-5-4-6-15(11-14)27-12-18(22)23/h4-6,8,10-11,16,21H,7,9,12H2,1-3H3,(H,22,23)/t16-/m1/s1. The van der Waals surface area contributed by atoms with Crippen LogP contribution in [0.4, 0.5) is 0 Å². The van der Waals surface area contributed by atoms with Crippen LogP contribution in [0.25, 0.3) is 0 Å². The maximum Gasteiger partial charge on any atom is 0.341 e. The Balaban J connectivity index is 2.10. The Labute approximate surface area is 158 Å². The summed E-state index contributed by atoms with van der Waals surface area (Å²) in [6.45, 7) is -0.428. The number of rotatable bonds is 10. The highest BCUT2D eigenvalue weighted by atomic mass is 16.5. The van der Waals surface area contributed by atoms with Gasteiger partial charge in [-0.05, 0) is 42.2 Å². The molecule has 0 fully saturated rings. The van der Waals surface area contributed by atoms with E-state index in [0.29, 0.717) is 41.4 Å². The first-order valence-electron chi connectivity index (χ1n) is 8.40. The Morgan fingerprint density at radius 1 is 1.04 bits per heavy atom. The molecular formula is C20H24O7. The number of carboxylic acid groups (broad SMARTS) is 1. The van der Waals surface area contributed by atoms with Crippen LogP contribution in [-0.4, -0.2) is 44.1 Å². The highest BCUT2D eigenvalue weighted by molar-refractivity contribution is 5.68. The van der Waals surface area contributed by atoms with E-state index < -0.39 is 18.7 Å². The molecule has 0 heterocycles. The first-order valence-corrected chi connectivity index (χ1v) is 8.40. The molecule has 0 aromatic heterocycles. The number of hydrogen-bond acceptors (Lipinski definition) is 6. The van der Waals surface area contributed by atoms with E-state index in [2.05, 4.69) is 0 Å². The Bertz CT molecular complexity index is 773. The summed E-state index contributed by atoms with van der Waals surface area (Å²) in [5.74, 6) is 1.000. The van der Waals surface area contributed by atoms with Crippen molar-refractivity contribution in [2.24, 2.45) is 0 Å². The van der Waals surface area contributed by atoms with Crippen LogP contribution >= 0.6 is 0 Å². The Morgan fingerprint density at radius 3 is 2.41 bits per heavy atom. The smallest absolute Gasteiger partial charge is 0.341 e. The van der Waals surface area contributed by atoms with E-state index in [1.807, 2.05) is 6.07 Å². The van der Waals surface area contributed by atoms with Crippen molar-refractivity contribution in [2.75, 3.05) is 27.9 Å². The third-order valence-electron chi connectivity index (χ3n) is 4.08. The summed E-state index contributed by atoms with van der Waals surface area (Å²) in [6.07, 6.45) is 0.246. The van der Waals surface area contributed by atoms with Gasteiger partial charge < -0.3 is 29.2 Å². The van der Waals surface area contributed by atoms with E-state index in [1.54, 1.807) is 51.7 Å². The second kappa shape index (κ2) is 9.68. The van der Waals surface area contributed by atoms with E-state index >= 15 is 0 Å². The number of aliphatic hydroxyl groups is 1. The number of carbonyl (C=O) groups is 1. The third kappa shape index (κ3) is 5.27. The molecule has 0 amide bonds. The molecule has 0 radical (unpaired) electrons. The van der Waals surface area contributed by atoms with Gasteiger partial charge in [0.05, 0.1) is 27.4 Å². The van der Waals surface area contributed by atoms with Crippen LogP contribution in [0.2, 0.25) is 0 Å². The molecule has 2 aromatic rings. The lowest BCUT2D eigenvalue weighted by atomic mass is 10.00. The maximum atomic E-state index is 10.6. The van der Waals surface area contributed by atoms with Gasteiger partial charge in [-0.25, -0.2) is 4.79 Å². The number of ether oxygens (including phenoxy) is 4. The molecule has 0 aliphatic heterocycles. The summed E-state index contributed by atoms with van der Waals surface area (Å²) in [5.41, 5.74) is 1.53. The quantitative estimate of drug-likeness (QED) is 0.658. The van der Waals surface area contributed by atoms with Crippen molar-refractivity contribution in [1.29, 1.82) is 0 Å². The van der Waals surface area contributed by atoms with Crippen molar-refractivity contribution >= 4 is 5.97 Å². The Morgan fingerprint density at radius 2 is 1.78 bits per heavy atom. The summed E-state index contributed by atoms with van der Waals surface area (Å²) in [4.78, 5) is 10.6. The van der Waals surface area contributed by atoms with Gasteiger partial charge in [0.25, 0.3) is 0 Å². The molecule has 2 rings (SSSR count). The maximum absolute atomic E-state index is 10.6. The number of carboxylic acids is 1. The molecule has 146 valence electrons. The van der Waals surface area contributed by atoms with Crippen molar-refractivity contribution in [3.8, 4) is 23.0 Å². The minimum absolute atomic E-state index is 0.401. The van der Waals surface area contributed by atoms with E-state index in [0.717, 1.165) is 5.56 Å². The fourth-order valence-corrected chi connectivity index (χ4v) is 2.78. The monoisotopic (exact) mass is 376 g/mol. The average molecular weight is 376 g/mol. The average Bonchev–Trinajstić information content (AvgIpc) is 2.69. The first-order chi connectivity index (χ1) is 13.0. The first kappa shape index (κ1) is 20.4. The largest absolute Gasteiger partial charge is 0.493 e. The minimum atomic E-state index is -1.05. The van der Waals surface area contributed by atoms with Gasteiger partial charge >= 0.3 is 5.97 Å². The minimum Gasteiger partial charge on any atom is -0.493 e. The fourth-order valence-electron chi connectivity index (χ4n) is 2.78. The zero-order chi connectivity index (χ0) is 19.8. The molecule has 0 spiro atoms. The van der Waals surface area contributed by atoms with E-state index in [4.69, 9.17) is 24.1 Å². The van der Waals surface area contributed by atoms with Crippen LogP contribution in [0, 0.1) is 0 Å². The lowest BCUT2D eigenvalue weighted by Gasteiger charge is -2.17. The Kier molecular flexibility index (Phi) is 7.31. The highest BCUT2D eigenvalue weighted by Crippen LogP contribution is 2.40. The number of aliphatic hydroxyl groups excluding tert-OH is 1. The topological polar surface area (TPSA) is 94.5 Å². The van der Waals surface area contributed by atoms with Gasteiger partial charge in [-0.15, -0.1) is 0 Å². The third-order valence-corrected chi connectivity index (χ3v) is 4.08. The molecule has 0 bridgehead atoms. The number of aryl methyl sites for hydroxylation is 1. The van der Waals surface area contributed by atoms with Gasteiger partial charge in [-0.1, -0.05) is 18.2 Å². The van der Waals surface area contributed by atoms with Gasteiger partial charge in [-0.2, -0.15) is 0 Å². The van der Waals surface area contributed by atoms with Crippen molar-refractivity contribution in [1.82, 2.24) is 0 Å². The van der Waals surface area contributed by atoms with Gasteiger partial charge in [0.15, 0.2) is 18.1 Å². The molecule has 0 unspecified atom stereocenters. The zero-order valence-electron chi connectivity index (χ0n) is 15.6. The summed E-state index contributed by atoms with van der Waals surface area (Å²) in [7, 11) is 4.66. The molecule has 7 heteroatoms. The molecule has 27 heavy (non-hydrogen) atoms. The lowest BCUT2D eigenvalue weighted by Crippen LogP contribution is -2.09. The van der Waals surface area contributed by atoms with E-state index in [1.165, 1.54) is 0 Å². The van der Waals surface area contributed by atoms with Crippen LogP contribution < -0.4 is 18.9 Å². The predicted molar refractivity (Wildman–Crippen MR) is 99.0 cm³/mol. The van der Waals surface area contributed by atoms with Gasteiger partial charge in [0.2, 0.25) is 5.75 Å². The van der Waals surface area contributed by atoms with Crippen molar-refractivity contribution in [3.63, 3.8) is 0 Å². The normalized spacial score (nSPS) is 11.6. The molecular weight excluding hydrogens is 352 g/mol. The van der Waals surface area contributed by atoms with Crippen molar-refractivity contribution in [2.45, 2.75) is 18.9 Å². The van der Waals surface area contributed by atoms with Crippen molar-refractivity contribution in [3.05, 3.63) is 47.5 Å². The summed E-state index contributed by atoms with van der Waals surface area (Å²) < 4.78 is 21.3. The number of benzene rings is 2. The van der Waals surface area contributed by atoms with Crippen LogP contribution in [-0.2, 0) is 11.2 Å². The highest BCUT2D eigenvalue weighted by Gasteiger charge is 2.17. The summed E-state index contributed by atoms with van der Waals surface area (Å²) >= 11 is 0. The molecule has 0 aliphatic rings. The molecule has 0 aliphatic carbocycles. The SMILES string of the molecule is COc1ccc(CC[C@@H](O)c2cccc(OCC(=O)O)c2)c(OC)c1OC. The number of hydrogen-bond donors (Lipinski definition) is 2. The molecule has 2 aromatic carbocycles. The lowest BCUT2D eigenvalue weighted by molar-refractivity contribution is -0.139. The second-order valence-electron chi connectivity index (χ2n) is 5.80. The molecule has 0 saturated carbocycles. The number of methoxy groups -OCH3 is 3. The van der Waals surface area contributed by atoms with Crippen LogP contribution in [0.15, 0.2) is 36.4 Å². The molecule has 7 nitrogen and oxygen atoms in total. The van der Waals surface area contributed by atoms with Crippen LogP contribution in [0.5, 0.6) is 23.0 Å². The van der Waals surface area contributed by atoms with E-state index in [-0.39, 0.29) is 0 Å². The zero-order valence-corrected chi connectivity index (χ0v) is 15.6. The van der Waals surface area contributed by atoms with Gasteiger partial charge in [0.1, 0.15) is 5.75 Å². The second-order valence-corrected chi connectivity index (χ2v) is 5.80. The number of aliphatic carboxylic acids is 1. The summed E-state index contributed by atoms with van der Waals surface area (Å²) in [5, 5.41) is 19.2. The van der Waals surface area contributed by atoms with Gasteiger partial charge in [-0.3, -0.25) is 0 Å². The molecule has 0 saturated heterocycles. The molecule has 1 atom stereocenters. The van der Waals surface area contributed by atoms with Crippen molar-refractivity contribution < 1.29 is 34.0 Å². The predicted octanol–water partition coefficient (Wildman–Crippen LogP) is 2.84. The van der Waals surface area contributed by atoms with Crippen LogP contribution in [0.1, 0.15) is 23.7 Å².